The van der Waals surface area contributed by atoms with E-state index in [1.54, 1.807) is 13.8 Å². The lowest BCUT2D eigenvalue weighted by atomic mass is 9.50. The molecule has 6 nitrogen and oxygen atoms in total. The number of hydrogen-bond acceptors (Lipinski definition) is 6. The van der Waals surface area contributed by atoms with Gasteiger partial charge in [-0.1, -0.05) is 12.8 Å². The number of esters is 2. The lowest BCUT2D eigenvalue weighted by Crippen LogP contribution is -2.48. The van der Waals surface area contributed by atoms with E-state index < -0.39 is 29.9 Å². The second-order valence-electron chi connectivity index (χ2n) is 10.7. The van der Waals surface area contributed by atoms with E-state index in [-0.39, 0.29) is 13.2 Å². The average Bonchev–Trinajstić information content (AvgIpc) is 2.71. The summed E-state index contributed by atoms with van der Waals surface area (Å²) in [5, 5.41) is 10.2. The number of unbranched alkanes of at least 4 members (excludes halogenated alkanes) is 2. The highest BCUT2D eigenvalue weighted by atomic mass is 16.5. The fourth-order valence-electron chi connectivity index (χ4n) is 7.13. The molecule has 4 fully saturated rings. The zero-order valence-corrected chi connectivity index (χ0v) is 20.4. The topological polar surface area (TPSA) is 82.1 Å². The third kappa shape index (κ3) is 6.47. The summed E-state index contributed by atoms with van der Waals surface area (Å²) in [7, 11) is 0. The van der Waals surface area contributed by atoms with E-state index in [0.29, 0.717) is 11.8 Å². The van der Waals surface area contributed by atoms with Crippen molar-refractivity contribution in [2.24, 2.45) is 35.0 Å². The molecule has 0 heterocycles. The number of carbonyl (C=O) groups is 2. The first-order valence-electron chi connectivity index (χ1n) is 13.0. The van der Waals surface area contributed by atoms with Crippen LogP contribution in [-0.4, -0.2) is 49.6 Å². The third-order valence-electron chi connectivity index (χ3n) is 7.98. The molecule has 6 heteroatoms. The molecule has 0 aliphatic heterocycles. The molecule has 4 aliphatic rings. The first-order chi connectivity index (χ1) is 15.4. The predicted octanol–water partition coefficient (Wildman–Crippen LogP) is 4.52. The first kappa shape index (κ1) is 25.5. The van der Waals surface area contributed by atoms with E-state index >= 15 is 0 Å². The van der Waals surface area contributed by atoms with Gasteiger partial charge in [-0.05, 0) is 95.3 Å². The molecule has 4 aliphatic carbocycles. The van der Waals surface area contributed by atoms with Gasteiger partial charge in [0.15, 0.2) is 0 Å². The minimum absolute atomic E-state index is 0.221. The number of aliphatic hydroxyl groups is 1. The van der Waals surface area contributed by atoms with E-state index in [2.05, 4.69) is 0 Å². The number of carbonyl (C=O) groups excluding carboxylic acids is 2. The van der Waals surface area contributed by atoms with Crippen molar-refractivity contribution in [2.45, 2.75) is 91.1 Å². The Kier molecular flexibility index (Phi) is 9.42. The van der Waals surface area contributed by atoms with E-state index in [1.807, 2.05) is 0 Å². The molecule has 0 radical (unpaired) electrons. The highest BCUT2D eigenvalue weighted by molar-refractivity contribution is 5.82. The van der Waals surface area contributed by atoms with Crippen molar-refractivity contribution in [2.75, 3.05) is 26.4 Å². The fraction of sp³-hybridized carbons (Fsp3) is 0.923. The Labute approximate surface area is 193 Å². The van der Waals surface area contributed by atoms with Crippen LogP contribution in [0.4, 0.5) is 0 Å². The van der Waals surface area contributed by atoms with Crippen LogP contribution in [-0.2, 0) is 23.8 Å². The SMILES string of the molecule is CCOC(=O)[C@@H](CCCCCOCC12CC3CC(CC(C3)C1)C2)[C@@H](C(=O)OCC)C(C)O. The van der Waals surface area contributed by atoms with Gasteiger partial charge in [-0.2, -0.15) is 0 Å². The van der Waals surface area contributed by atoms with Crippen molar-refractivity contribution in [1.29, 1.82) is 0 Å². The largest absolute Gasteiger partial charge is 0.466 e. The van der Waals surface area contributed by atoms with Gasteiger partial charge in [-0.3, -0.25) is 9.59 Å². The van der Waals surface area contributed by atoms with Gasteiger partial charge in [-0.25, -0.2) is 0 Å². The van der Waals surface area contributed by atoms with Gasteiger partial charge >= 0.3 is 11.9 Å². The summed E-state index contributed by atoms with van der Waals surface area (Å²) in [5.41, 5.74) is 0.452. The van der Waals surface area contributed by atoms with Crippen molar-refractivity contribution in [1.82, 2.24) is 0 Å². The maximum atomic E-state index is 12.5. The predicted molar refractivity (Wildman–Crippen MR) is 122 cm³/mol. The zero-order chi connectivity index (χ0) is 23.1. The van der Waals surface area contributed by atoms with Crippen molar-refractivity contribution < 1.29 is 28.9 Å². The minimum Gasteiger partial charge on any atom is -0.466 e. The Hall–Kier alpha value is -1.14. The number of ether oxygens (including phenoxy) is 3. The molecule has 0 aromatic heterocycles. The maximum absolute atomic E-state index is 12.5. The van der Waals surface area contributed by atoms with Crippen LogP contribution in [0, 0.1) is 35.0 Å². The Morgan fingerprint density at radius 3 is 2.00 bits per heavy atom. The van der Waals surface area contributed by atoms with E-state index in [0.717, 1.165) is 50.2 Å². The standard InChI is InChI=1S/C26H44O6/c1-4-31-24(28)22(23(18(3)27)25(29)32-5-2)9-7-6-8-10-30-17-26-14-19-11-20(15-26)13-21(12-19)16-26/h18-23,27H,4-17H2,1-3H3/t18?,19?,20?,21?,22-,23-,26?/m0/s1. The molecule has 4 rings (SSSR count). The quantitative estimate of drug-likeness (QED) is 0.308. The van der Waals surface area contributed by atoms with Crippen molar-refractivity contribution >= 4 is 11.9 Å². The summed E-state index contributed by atoms with van der Waals surface area (Å²) in [5.74, 6) is 0.329. The van der Waals surface area contributed by atoms with Gasteiger partial charge in [0.25, 0.3) is 0 Å². The lowest BCUT2D eigenvalue weighted by molar-refractivity contribution is -0.165. The Morgan fingerprint density at radius 1 is 0.906 bits per heavy atom. The van der Waals surface area contributed by atoms with Crippen LogP contribution in [0.25, 0.3) is 0 Å². The van der Waals surface area contributed by atoms with Gasteiger partial charge in [0, 0.05) is 6.61 Å². The van der Waals surface area contributed by atoms with Gasteiger partial charge in [-0.15, -0.1) is 0 Å². The average molecular weight is 453 g/mol. The van der Waals surface area contributed by atoms with Crippen LogP contribution in [0.1, 0.15) is 85.0 Å². The zero-order valence-electron chi connectivity index (χ0n) is 20.4. The molecule has 0 aromatic rings. The smallest absolute Gasteiger partial charge is 0.312 e. The van der Waals surface area contributed by atoms with Crippen molar-refractivity contribution in [3.8, 4) is 0 Å². The highest BCUT2D eigenvalue weighted by Gasteiger charge is 2.50. The molecule has 1 unspecified atom stereocenters. The van der Waals surface area contributed by atoms with Crippen LogP contribution in [0.15, 0.2) is 0 Å². The normalized spacial score (nSPS) is 31.2. The van der Waals surface area contributed by atoms with Crippen LogP contribution < -0.4 is 0 Å². The Morgan fingerprint density at radius 2 is 1.47 bits per heavy atom. The Balaban J connectivity index is 1.39. The molecular formula is C26H44O6. The summed E-state index contributed by atoms with van der Waals surface area (Å²) in [6.45, 7) is 7.14. The van der Waals surface area contributed by atoms with Gasteiger partial charge < -0.3 is 19.3 Å². The molecule has 184 valence electrons. The minimum atomic E-state index is -0.966. The van der Waals surface area contributed by atoms with Gasteiger partial charge in [0.2, 0.25) is 0 Å². The monoisotopic (exact) mass is 452 g/mol. The summed E-state index contributed by atoms with van der Waals surface area (Å²) >= 11 is 0. The van der Waals surface area contributed by atoms with Crippen LogP contribution >= 0.6 is 0 Å². The fourth-order valence-corrected chi connectivity index (χ4v) is 7.13. The molecule has 0 amide bonds. The number of hydrogen-bond donors (Lipinski definition) is 1. The number of rotatable bonds is 14. The summed E-state index contributed by atoms with van der Waals surface area (Å²) < 4.78 is 16.5. The van der Waals surface area contributed by atoms with Crippen LogP contribution in [0.5, 0.6) is 0 Å². The maximum Gasteiger partial charge on any atom is 0.312 e. The van der Waals surface area contributed by atoms with E-state index in [4.69, 9.17) is 14.2 Å². The molecule has 0 spiro atoms. The number of aliphatic hydroxyl groups excluding tert-OH is 1. The van der Waals surface area contributed by atoms with Crippen LogP contribution in [0.2, 0.25) is 0 Å². The summed E-state index contributed by atoms with van der Waals surface area (Å²) in [6.07, 6.45) is 10.7. The summed E-state index contributed by atoms with van der Waals surface area (Å²) in [4.78, 5) is 24.9. The molecule has 32 heavy (non-hydrogen) atoms. The second-order valence-corrected chi connectivity index (χ2v) is 10.7. The van der Waals surface area contributed by atoms with Gasteiger partial charge in [0.05, 0.1) is 37.8 Å². The Bertz CT molecular complexity index is 580. The van der Waals surface area contributed by atoms with E-state index in [1.165, 1.54) is 45.4 Å². The van der Waals surface area contributed by atoms with Crippen molar-refractivity contribution in [3.05, 3.63) is 0 Å². The molecule has 0 saturated heterocycles. The van der Waals surface area contributed by atoms with Crippen molar-refractivity contribution in [3.63, 3.8) is 0 Å². The lowest BCUT2D eigenvalue weighted by Gasteiger charge is -2.56. The third-order valence-corrected chi connectivity index (χ3v) is 7.98. The second kappa shape index (κ2) is 11.8. The highest BCUT2D eigenvalue weighted by Crippen LogP contribution is 2.60. The molecule has 4 saturated carbocycles. The molecule has 1 N–H and O–H groups in total. The van der Waals surface area contributed by atoms with Crippen LogP contribution in [0.3, 0.4) is 0 Å². The van der Waals surface area contributed by atoms with E-state index in [9.17, 15) is 14.7 Å². The van der Waals surface area contributed by atoms with Gasteiger partial charge in [0.1, 0.15) is 0 Å². The summed E-state index contributed by atoms with van der Waals surface area (Å²) in [6, 6.07) is 0. The molecule has 0 aromatic carbocycles. The molecule has 4 bridgehead atoms. The molecular weight excluding hydrogens is 408 g/mol. The first-order valence-corrected chi connectivity index (χ1v) is 13.0. The molecule has 3 atom stereocenters.